The topological polar surface area (TPSA) is 56.1 Å². The van der Waals surface area contributed by atoms with E-state index in [1.807, 2.05) is 30.5 Å². The third kappa shape index (κ3) is 3.00. The van der Waals surface area contributed by atoms with Gasteiger partial charge in [-0.15, -0.1) is 0 Å². The minimum Gasteiger partial charge on any atom is -0.497 e. The smallest absolute Gasteiger partial charge is 0.230 e. The Kier molecular flexibility index (Phi) is 4.47. The molecule has 138 valence electrons. The highest BCUT2D eigenvalue weighted by atomic mass is 16.5. The van der Waals surface area contributed by atoms with Gasteiger partial charge in [-0.1, -0.05) is 18.6 Å². The first-order valence-electron chi connectivity index (χ1n) is 9.59. The Hall–Kier alpha value is -2.30. The minimum atomic E-state index is -0.340. The number of nitrogens with zero attached hydrogens (tertiary/aromatic N) is 2. The van der Waals surface area contributed by atoms with E-state index in [0.29, 0.717) is 12.5 Å². The van der Waals surface area contributed by atoms with Crippen LogP contribution >= 0.6 is 0 Å². The quantitative estimate of drug-likeness (QED) is 0.831. The predicted octanol–water partition coefficient (Wildman–Crippen LogP) is 3.32. The monoisotopic (exact) mass is 353 g/mol. The Morgan fingerprint density at radius 2 is 2.04 bits per heavy atom. The first-order valence-corrected chi connectivity index (χ1v) is 9.59. The average Bonchev–Trinajstić information content (AvgIpc) is 3.36. The second kappa shape index (κ2) is 6.78. The van der Waals surface area contributed by atoms with Gasteiger partial charge in [0.2, 0.25) is 5.91 Å². The maximum atomic E-state index is 12.8. The number of amides is 1. The number of nitrogens with one attached hydrogen (secondary N) is 1. The molecule has 2 saturated carbocycles. The molecule has 2 aliphatic carbocycles. The molecule has 0 atom stereocenters. The Balaban J connectivity index is 1.37. The summed E-state index contributed by atoms with van der Waals surface area (Å²) in [5.41, 5.74) is 1.93. The number of benzene rings is 1. The average molecular weight is 353 g/mol. The number of carbonyl (C=O) groups excluding carboxylic acids is 1. The molecule has 0 unspecified atom stereocenters. The predicted molar refractivity (Wildman–Crippen MR) is 100 cm³/mol. The van der Waals surface area contributed by atoms with Crippen molar-refractivity contribution in [1.29, 1.82) is 0 Å². The van der Waals surface area contributed by atoms with Crippen LogP contribution in [0.15, 0.2) is 30.5 Å². The number of hydrogen-bond acceptors (Lipinski definition) is 3. The normalized spacial score (nSPS) is 18.2. The molecule has 5 heteroatoms. The zero-order valence-electron chi connectivity index (χ0n) is 15.6. The van der Waals surface area contributed by atoms with Gasteiger partial charge in [-0.2, -0.15) is 0 Å². The number of hydrogen-bond donors (Lipinski definition) is 1. The maximum Gasteiger partial charge on any atom is 0.230 e. The Labute approximate surface area is 154 Å². The van der Waals surface area contributed by atoms with Gasteiger partial charge in [0.05, 0.1) is 12.5 Å². The van der Waals surface area contributed by atoms with Crippen molar-refractivity contribution in [2.75, 3.05) is 13.7 Å². The molecule has 1 N–H and O–H groups in total. The molecule has 0 radical (unpaired) electrons. The van der Waals surface area contributed by atoms with Gasteiger partial charge >= 0.3 is 0 Å². The Bertz CT molecular complexity index is 786. The number of ether oxygens (including phenoxy) is 1. The fourth-order valence-electron chi connectivity index (χ4n) is 3.90. The lowest BCUT2D eigenvalue weighted by molar-refractivity contribution is -0.123. The van der Waals surface area contributed by atoms with Crippen LogP contribution in [0.1, 0.15) is 55.1 Å². The van der Waals surface area contributed by atoms with Crippen LogP contribution in [-0.4, -0.2) is 29.1 Å². The van der Waals surface area contributed by atoms with Gasteiger partial charge in [0, 0.05) is 30.9 Å². The van der Waals surface area contributed by atoms with Crippen LogP contribution in [-0.2, 0) is 16.8 Å². The third-order valence-electron chi connectivity index (χ3n) is 6.00. The summed E-state index contributed by atoms with van der Waals surface area (Å²) in [7, 11) is 1.66. The van der Waals surface area contributed by atoms with E-state index in [9.17, 15) is 4.79 Å². The van der Waals surface area contributed by atoms with Crippen molar-refractivity contribution < 1.29 is 9.53 Å². The molecule has 0 spiro atoms. The van der Waals surface area contributed by atoms with Gasteiger partial charge in [0.25, 0.3) is 0 Å². The fraction of sp³-hybridized carbons (Fsp3) is 0.524. The third-order valence-corrected chi connectivity index (χ3v) is 6.00. The van der Waals surface area contributed by atoms with Crippen molar-refractivity contribution in [3.63, 3.8) is 0 Å². The number of aryl methyl sites for hydroxylation is 1. The molecule has 1 aromatic heterocycles. The highest BCUT2D eigenvalue weighted by molar-refractivity contribution is 5.91. The molecule has 0 bridgehead atoms. The van der Waals surface area contributed by atoms with Crippen LogP contribution in [0.3, 0.4) is 0 Å². The van der Waals surface area contributed by atoms with Crippen molar-refractivity contribution in [2.45, 2.75) is 56.9 Å². The molecular formula is C21H27N3O2. The molecule has 2 aromatic rings. The molecule has 5 nitrogen and oxygen atoms in total. The first-order chi connectivity index (χ1) is 12.6. The molecule has 0 aliphatic heterocycles. The van der Waals surface area contributed by atoms with Crippen LogP contribution in [0.25, 0.3) is 0 Å². The van der Waals surface area contributed by atoms with E-state index < -0.39 is 0 Å². The van der Waals surface area contributed by atoms with E-state index in [2.05, 4.69) is 21.8 Å². The second-order valence-corrected chi connectivity index (χ2v) is 7.60. The maximum absolute atomic E-state index is 12.8. The lowest BCUT2D eigenvalue weighted by Crippen LogP contribution is -2.37. The van der Waals surface area contributed by atoms with Crippen LogP contribution in [0, 0.1) is 6.92 Å². The van der Waals surface area contributed by atoms with Gasteiger partial charge in [-0.3, -0.25) is 4.79 Å². The zero-order chi connectivity index (χ0) is 18.1. The number of rotatable bonds is 7. The van der Waals surface area contributed by atoms with Crippen LogP contribution in [0.5, 0.6) is 5.75 Å². The van der Waals surface area contributed by atoms with Crippen molar-refractivity contribution in [1.82, 2.24) is 14.9 Å². The van der Waals surface area contributed by atoms with E-state index in [-0.39, 0.29) is 11.3 Å². The first kappa shape index (κ1) is 17.1. The van der Waals surface area contributed by atoms with Crippen molar-refractivity contribution in [3.05, 3.63) is 47.5 Å². The summed E-state index contributed by atoms with van der Waals surface area (Å²) in [6.07, 6.45) is 7.57. The standard InChI is InChI=1S/C21H27N3O2/c1-15-14-23-19(16-4-3-5-16)24(15)13-12-22-20(25)21(10-11-21)17-6-8-18(26-2)9-7-17/h6-9,14,16H,3-5,10-13H2,1-2H3,(H,22,25). The molecule has 2 fully saturated rings. The number of aromatic nitrogens is 2. The molecule has 26 heavy (non-hydrogen) atoms. The molecule has 1 aromatic carbocycles. The highest BCUT2D eigenvalue weighted by Crippen LogP contribution is 2.48. The van der Waals surface area contributed by atoms with Crippen molar-refractivity contribution in [2.24, 2.45) is 0 Å². The summed E-state index contributed by atoms with van der Waals surface area (Å²) < 4.78 is 7.49. The van der Waals surface area contributed by atoms with Crippen molar-refractivity contribution in [3.8, 4) is 5.75 Å². The Morgan fingerprint density at radius 3 is 2.62 bits per heavy atom. The van der Waals surface area contributed by atoms with E-state index >= 15 is 0 Å². The summed E-state index contributed by atoms with van der Waals surface area (Å²) in [6, 6.07) is 7.89. The largest absolute Gasteiger partial charge is 0.497 e. The van der Waals surface area contributed by atoms with Gasteiger partial charge in [0.1, 0.15) is 11.6 Å². The van der Waals surface area contributed by atoms with Gasteiger partial charge in [-0.05, 0) is 50.3 Å². The lowest BCUT2D eigenvalue weighted by Gasteiger charge is -2.26. The minimum absolute atomic E-state index is 0.144. The molecule has 4 rings (SSSR count). The second-order valence-electron chi connectivity index (χ2n) is 7.60. The highest BCUT2D eigenvalue weighted by Gasteiger charge is 2.51. The van der Waals surface area contributed by atoms with Crippen LogP contribution < -0.4 is 10.1 Å². The van der Waals surface area contributed by atoms with E-state index in [0.717, 1.165) is 30.7 Å². The van der Waals surface area contributed by atoms with Crippen molar-refractivity contribution >= 4 is 5.91 Å². The summed E-state index contributed by atoms with van der Waals surface area (Å²) in [5.74, 6) is 2.77. The SMILES string of the molecule is COc1ccc(C2(C(=O)NCCn3c(C)cnc3C3CCC3)CC2)cc1. The van der Waals surface area contributed by atoms with Gasteiger partial charge in [-0.25, -0.2) is 4.98 Å². The van der Waals surface area contributed by atoms with E-state index in [1.54, 1.807) is 7.11 Å². The van der Waals surface area contributed by atoms with E-state index in [1.165, 1.54) is 30.8 Å². The number of imidazole rings is 1. The molecule has 1 amide bonds. The summed E-state index contributed by atoms with van der Waals surface area (Å²) in [4.78, 5) is 17.4. The van der Waals surface area contributed by atoms with Crippen LogP contribution in [0.2, 0.25) is 0 Å². The molecule has 0 saturated heterocycles. The molecule has 2 aliphatic rings. The summed E-state index contributed by atoms with van der Waals surface area (Å²) >= 11 is 0. The molecule has 1 heterocycles. The number of carbonyl (C=O) groups is 1. The van der Waals surface area contributed by atoms with Gasteiger partial charge < -0.3 is 14.6 Å². The summed E-state index contributed by atoms with van der Waals surface area (Å²) in [5, 5.41) is 3.16. The van der Waals surface area contributed by atoms with E-state index in [4.69, 9.17) is 4.74 Å². The summed E-state index contributed by atoms with van der Waals surface area (Å²) in [6.45, 7) is 3.53. The zero-order valence-corrected chi connectivity index (χ0v) is 15.6. The lowest BCUT2D eigenvalue weighted by atomic mass is 9.85. The van der Waals surface area contributed by atoms with Gasteiger partial charge in [0.15, 0.2) is 0 Å². The fourth-order valence-corrected chi connectivity index (χ4v) is 3.90. The van der Waals surface area contributed by atoms with Crippen LogP contribution in [0.4, 0.5) is 0 Å². The molecular weight excluding hydrogens is 326 g/mol. The Morgan fingerprint density at radius 1 is 1.31 bits per heavy atom. The number of methoxy groups -OCH3 is 1.